The number of nitrogens with zero attached hydrogens (tertiary/aromatic N) is 2. The molecule has 0 aliphatic rings. The summed E-state index contributed by atoms with van der Waals surface area (Å²) in [6.45, 7) is 7.09. The van der Waals surface area contributed by atoms with Crippen LogP contribution in [0.25, 0.3) is 10.9 Å². The monoisotopic (exact) mass is 497 g/mol. The van der Waals surface area contributed by atoms with Gasteiger partial charge in [-0.15, -0.1) is 11.6 Å². The van der Waals surface area contributed by atoms with Gasteiger partial charge in [-0.1, -0.05) is 43.3 Å². The van der Waals surface area contributed by atoms with E-state index in [4.69, 9.17) is 16.3 Å². The topological polar surface area (TPSA) is 65.6 Å². The van der Waals surface area contributed by atoms with Crippen LogP contribution < -0.4 is 4.74 Å². The summed E-state index contributed by atoms with van der Waals surface area (Å²) in [6.07, 6.45) is 3.46. The van der Waals surface area contributed by atoms with E-state index >= 15 is 0 Å². The number of aromatic amines is 1. The lowest BCUT2D eigenvalue weighted by Gasteiger charge is -2.32. The molecule has 0 saturated carbocycles. The Morgan fingerprint density at radius 2 is 1.71 bits per heavy atom. The molecule has 3 rings (SSSR count). The predicted molar refractivity (Wildman–Crippen MR) is 142 cm³/mol. The Morgan fingerprint density at radius 3 is 2.43 bits per heavy atom. The molecule has 0 spiro atoms. The largest absolute Gasteiger partial charge is 0.496 e. The SMILES string of the molecule is CCCN(CC(=O)N(CCc1c[nH]c2ccccc12)Cc1ccccc1OC)C(=O)C(C)(C)CCl. The van der Waals surface area contributed by atoms with Crippen molar-refractivity contribution < 1.29 is 14.3 Å². The number of ether oxygens (including phenoxy) is 1. The van der Waals surface area contributed by atoms with E-state index in [1.807, 2.05) is 74.3 Å². The van der Waals surface area contributed by atoms with Crippen molar-refractivity contribution in [3.05, 3.63) is 65.9 Å². The van der Waals surface area contributed by atoms with Crippen molar-refractivity contribution in [3.63, 3.8) is 0 Å². The molecule has 0 bridgehead atoms. The van der Waals surface area contributed by atoms with Crippen LogP contribution >= 0.6 is 11.6 Å². The van der Waals surface area contributed by atoms with Gasteiger partial charge in [0.05, 0.1) is 19.1 Å². The molecule has 0 fully saturated rings. The van der Waals surface area contributed by atoms with E-state index in [1.165, 1.54) is 0 Å². The number of hydrogen-bond donors (Lipinski definition) is 1. The number of amides is 2. The molecule has 1 heterocycles. The van der Waals surface area contributed by atoms with E-state index in [0.29, 0.717) is 26.1 Å². The summed E-state index contributed by atoms with van der Waals surface area (Å²) in [7, 11) is 1.63. The smallest absolute Gasteiger partial charge is 0.242 e. The molecule has 0 atom stereocenters. The van der Waals surface area contributed by atoms with Gasteiger partial charge in [0.15, 0.2) is 0 Å². The van der Waals surface area contributed by atoms with Gasteiger partial charge in [-0.2, -0.15) is 0 Å². The number of rotatable bonds is 12. The normalized spacial score (nSPS) is 11.5. The number of halogens is 1. The molecular weight excluding hydrogens is 462 g/mol. The molecule has 3 aromatic rings. The maximum Gasteiger partial charge on any atom is 0.242 e. The number of carbonyl (C=O) groups excluding carboxylic acids is 2. The van der Waals surface area contributed by atoms with Gasteiger partial charge < -0.3 is 19.5 Å². The van der Waals surface area contributed by atoms with E-state index in [9.17, 15) is 9.59 Å². The average Bonchev–Trinajstić information content (AvgIpc) is 3.29. The number of fused-ring (bicyclic) bond motifs is 1. The highest BCUT2D eigenvalue weighted by molar-refractivity contribution is 6.19. The Morgan fingerprint density at radius 1 is 1.00 bits per heavy atom. The standard InChI is InChI=1S/C28H36ClN3O3/c1-5-15-32(27(34)28(2,3)20-29)19-26(33)31(18-22-10-6-9-13-25(22)35-4)16-14-21-17-30-24-12-8-7-11-23(21)24/h6-13,17,30H,5,14-16,18-20H2,1-4H3. The molecule has 0 radical (unpaired) electrons. The lowest BCUT2D eigenvalue weighted by molar-refractivity contribution is -0.145. The maximum absolute atomic E-state index is 13.6. The molecule has 7 heteroatoms. The van der Waals surface area contributed by atoms with Crippen LogP contribution in [0.1, 0.15) is 38.3 Å². The zero-order valence-electron chi connectivity index (χ0n) is 21.1. The minimum atomic E-state index is -0.728. The number of para-hydroxylation sites is 2. The first-order valence-corrected chi connectivity index (χ1v) is 12.6. The zero-order chi connectivity index (χ0) is 25.4. The Hall–Kier alpha value is -2.99. The summed E-state index contributed by atoms with van der Waals surface area (Å²) < 4.78 is 5.53. The summed E-state index contributed by atoms with van der Waals surface area (Å²) in [5, 5.41) is 1.16. The zero-order valence-corrected chi connectivity index (χ0v) is 21.9. The molecule has 35 heavy (non-hydrogen) atoms. The van der Waals surface area contributed by atoms with E-state index in [1.54, 1.807) is 12.0 Å². The van der Waals surface area contributed by atoms with Crippen LogP contribution in [-0.2, 0) is 22.6 Å². The van der Waals surface area contributed by atoms with Crippen molar-refractivity contribution in [2.24, 2.45) is 5.41 Å². The van der Waals surface area contributed by atoms with Gasteiger partial charge in [0.1, 0.15) is 5.75 Å². The Kier molecular flexibility index (Phi) is 9.21. The van der Waals surface area contributed by atoms with E-state index < -0.39 is 5.41 Å². The summed E-state index contributed by atoms with van der Waals surface area (Å²) in [4.78, 5) is 33.5. The lowest BCUT2D eigenvalue weighted by atomic mass is 9.94. The molecule has 1 aromatic heterocycles. The van der Waals surface area contributed by atoms with Crippen molar-refractivity contribution in [2.75, 3.05) is 32.6 Å². The number of aromatic nitrogens is 1. The average molecular weight is 498 g/mol. The highest BCUT2D eigenvalue weighted by atomic mass is 35.5. The number of nitrogens with one attached hydrogen (secondary N) is 1. The van der Waals surface area contributed by atoms with Crippen molar-refractivity contribution >= 4 is 34.3 Å². The second-order valence-electron chi connectivity index (χ2n) is 9.48. The number of methoxy groups -OCH3 is 1. The van der Waals surface area contributed by atoms with E-state index in [2.05, 4.69) is 11.1 Å². The molecule has 0 unspecified atom stereocenters. The first-order valence-electron chi connectivity index (χ1n) is 12.1. The number of alkyl halides is 1. The van der Waals surface area contributed by atoms with Crippen molar-refractivity contribution in [2.45, 2.75) is 40.2 Å². The van der Waals surface area contributed by atoms with Crippen LogP contribution in [0.3, 0.4) is 0 Å². The van der Waals surface area contributed by atoms with Gasteiger partial charge in [0.25, 0.3) is 0 Å². The molecule has 6 nitrogen and oxygen atoms in total. The van der Waals surface area contributed by atoms with Crippen molar-refractivity contribution in [1.29, 1.82) is 0 Å². The van der Waals surface area contributed by atoms with Gasteiger partial charge in [-0.25, -0.2) is 0 Å². The number of H-pyrrole nitrogens is 1. The minimum Gasteiger partial charge on any atom is -0.496 e. The quantitative estimate of drug-likeness (QED) is 0.347. The molecule has 0 aliphatic heterocycles. The number of carbonyl (C=O) groups is 2. The van der Waals surface area contributed by atoms with Gasteiger partial charge >= 0.3 is 0 Å². The van der Waals surface area contributed by atoms with E-state index in [0.717, 1.165) is 34.2 Å². The molecule has 2 aromatic carbocycles. The Labute approximate surface area is 213 Å². The van der Waals surface area contributed by atoms with Gasteiger partial charge in [-0.3, -0.25) is 9.59 Å². The van der Waals surface area contributed by atoms with Crippen LogP contribution in [0, 0.1) is 5.41 Å². The van der Waals surface area contributed by atoms with Gasteiger partial charge in [-0.05, 0) is 44.4 Å². The molecular formula is C28H36ClN3O3. The highest BCUT2D eigenvalue weighted by Gasteiger charge is 2.32. The second kappa shape index (κ2) is 12.1. The van der Waals surface area contributed by atoms with Gasteiger partial charge in [0, 0.05) is 48.2 Å². The third-order valence-corrected chi connectivity index (χ3v) is 6.92. The van der Waals surface area contributed by atoms with Crippen LogP contribution in [0.5, 0.6) is 5.75 Å². The molecule has 2 amide bonds. The summed E-state index contributed by atoms with van der Waals surface area (Å²) in [5.41, 5.74) is 2.43. The predicted octanol–water partition coefficient (Wildman–Crippen LogP) is 5.25. The van der Waals surface area contributed by atoms with Crippen molar-refractivity contribution in [1.82, 2.24) is 14.8 Å². The Bertz CT molecular complexity index is 1140. The first kappa shape index (κ1) is 26.6. The lowest BCUT2D eigenvalue weighted by Crippen LogP contribution is -2.48. The summed E-state index contributed by atoms with van der Waals surface area (Å²) in [5.74, 6) is 0.743. The van der Waals surface area contributed by atoms with Crippen LogP contribution in [0.4, 0.5) is 0 Å². The molecule has 188 valence electrons. The molecule has 0 saturated heterocycles. The summed E-state index contributed by atoms with van der Waals surface area (Å²) in [6, 6.07) is 15.9. The minimum absolute atomic E-state index is 0.0238. The second-order valence-corrected chi connectivity index (χ2v) is 9.75. The van der Waals surface area contributed by atoms with E-state index in [-0.39, 0.29) is 24.2 Å². The summed E-state index contributed by atoms with van der Waals surface area (Å²) >= 11 is 6.07. The van der Waals surface area contributed by atoms with Crippen molar-refractivity contribution in [3.8, 4) is 5.75 Å². The first-order chi connectivity index (χ1) is 16.8. The Balaban J connectivity index is 1.84. The fraction of sp³-hybridized carbons (Fsp3) is 0.429. The van der Waals surface area contributed by atoms with Gasteiger partial charge in [0.2, 0.25) is 11.8 Å². The third-order valence-electron chi connectivity index (χ3n) is 6.25. The van der Waals surface area contributed by atoms with Crippen LogP contribution in [0.15, 0.2) is 54.7 Å². The fourth-order valence-electron chi connectivity index (χ4n) is 4.20. The maximum atomic E-state index is 13.6. The molecule has 1 N–H and O–H groups in total. The molecule has 0 aliphatic carbocycles. The number of benzene rings is 2. The fourth-order valence-corrected chi connectivity index (χ4v) is 4.31. The third kappa shape index (κ3) is 6.57. The number of hydrogen-bond acceptors (Lipinski definition) is 3. The van der Waals surface area contributed by atoms with Crippen LogP contribution in [0.2, 0.25) is 0 Å². The highest BCUT2D eigenvalue weighted by Crippen LogP contribution is 2.23. The van der Waals surface area contributed by atoms with Crippen LogP contribution in [-0.4, -0.2) is 59.2 Å².